The van der Waals surface area contributed by atoms with Gasteiger partial charge >= 0.3 is 0 Å². The van der Waals surface area contributed by atoms with Crippen molar-refractivity contribution >= 4 is 27.5 Å². The molecule has 0 amide bonds. The fraction of sp³-hybridized carbons (Fsp3) is 0.512. The molecule has 1 N–H and O–H groups in total. The number of ketones is 1. The van der Waals surface area contributed by atoms with Gasteiger partial charge in [0.15, 0.2) is 5.78 Å². The van der Waals surface area contributed by atoms with Crippen LogP contribution in [-0.2, 0) is 24.9 Å². The van der Waals surface area contributed by atoms with Crippen LogP contribution < -0.4 is 0 Å². The second-order valence-electron chi connectivity index (χ2n) is 14.1. The Morgan fingerprint density at radius 3 is 2.23 bits per heavy atom. The molecule has 3 fully saturated rings. The van der Waals surface area contributed by atoms with E-state index in [1.807, 2.05) is 6.07 Å². The third kappa shape index (κ3) is 9.42. The SMILES string of the molecule is C.CCCC1CCC(c2ccc3c(-c4[c-]ccc5ccccc45)ncnc3c2)CC1.O=C(C=C(O)C1CCCCC1)C1CCCCC1.[Ir]. The van der Waals surface area contributed by atoms with Gasteiger partial charge < -0.3 is 5.11 Å². The van der Waals surface area contributed by atoms with Gasteiger partial charge in [0.1, 0.15) is 6.33 Å². The molecule has 3 aliphatic rings. The summed E-state index contributed by atoms with van der Waals surface area (Å²) >= 11 is 0. The summed E-state index contributed by atoms with van der Waals surface area (Å²) in [5.41, 5.74) is 4.52. The number of fused-ring (bicyclic) bond motifs is 2. The molecule has 0 bridgehead atoms. The van der Waals surface area contributed by atoms with Gasteiger partial charge in [-0.05, 0) is 85.9 Å². The summed E-state index contributed by atoms with van der Waals surface area (Å²) in [5, 5.41) is 13.5. The molecular weight excluding hydrogens is 769 g/mol. The zero-order chi connectivity index (χ0) is 31.7. The van der Waals surface area contributed by atoms with Crippen LogP contribution in [0.15, 0.2) is 72.8 Å². The van der Waals surface area contributed by atoms with Crippen LogP contribution in [0, 0.1) is 23.8 Å². The van der Waals surface area contributed by atoms with Crippen LogP contribution in [0.25, 0.3) is 32.9 Å². The number of aliphatic hydroxyl groups excluding tert-OH is 1. The summed E-state index contributed by atoms with van der Waals surface area (Å²) < 4.78 is 0. The van der Waals surface area contributed by atoms with E-state index < -0.39 is 0 Å². The van der Waals surface area contributed by atoms with E-state index in [0.717, 1.165) is 53.8 Å². The van der Waals surface area contributed by atoms with E-state index in [0.29, 0.717) is 11.7 Å². The Morgan fingerprint density at radius 1 is 0.833 bits per heavy atom. The molecule has 3 aliphatic carbocycles. The molecule has 1 heterocycles. The van der Waals surface area contributed by atoms with Crippen LogP contribution in [0.1, 0.15) is 129 Å². The summed E-state index contributed by atoms with van der Waals surface area (Å²) in [6.45, 7) is 2.31. The molecule has 0 spiro atoms. The predicted octanol–water partition coefficient (Wildman–Crippen LogP) is 12.1. The quantitative estimate of drug-likeness (QED) is 0.115. The largest absolute Gasteiger partial charge is 0.512 e. The molecule has 1 radical (unpaired) electrons. The van der Waals surface area contributed by atoms with Crippen LogP contribution in [0.2, 0.25) is 0 Å². The second-order valence-corrected chi connectivity index (χ2v) is 14.1. The van der Waals surface area contributed by atoms with Gasteiger partial charge in [-0.15, -0.1) is 29.1 Å². The number of hydrogen-bond acceptors (Lipinski definition) is 4. The van der Waals surface area contributed by atoms with Crippen LogP contribution in [0.3, 0.4) is 0 Å². The van der Waals surface area contributed by atoms with Crippen molar-refractivity contribution < 1.29 is 30.0 Å². The molecule has 0 saturated heterocycles. The van der Waals surface area contributed by atoms with Crippen molar-refractivity contribution in [2.45, 2.75) is 123 Å². The number of allylic oxidation sites excluding steroid dienone is 2. The summed E-state index contributed by atoms with van der Waals surface area (Å²) in [7, 11) is 0. The van der Waals surface area contributed by atoms with Crippen molar-refractivity contribution in [3.05, 3.63) is 84.4 Å². The number of aliphatic hydroxyl groups is 1. The van der Waals surface area contributed by atoms with Gasteiger partial charge in [-0.25, -0.2) is 4.98 Å². The monoisotopic (exact) mass is 824 g/mol. The van der Waals surface area contributed by atoms with Crippen molar-refractivity contribution in [3.8, 4) is 11.3 Å². The smallest absolute Gasteiger partial charge is 0.162 e. The van der Waals surface area contributed by atoms with Crippen molar-refractivity contribution in [1.29, 1.82) is 0 Å². The van der Waals surface area contributed by atoms with Gasteiger partial charge in [0.25, 0.3) is 0 Å². The molecule has 7 rings (SSSR count). The van der Waals surface area contributed by atoms with Crippen LogP contribution in [0.4, 0.5) is 0 Å². The van der Waals surface area contributed by atoms with Crippen LogP contribution in [0.5, 0.6) is 0 Å². The Kier molecular flexibility index (Phi) is 14.8. The molecule has 3 aromatic carbocycles. The Bertz CT molecular complexity index is 1620. The minimum atomic E-state index is 0. The molecule has 0 atom stereocenters. The number of rotatable bonds is 7. The summed E-state index contributed by atoms with van der Waals surface area (Å²) in [4.78, 5) is 21.3. The van der Waals surface area contributed by atoms with E-state index in [9.17, 15) is 9.90 Å². The average Bonchev–Trinajstić information content (AvgIpc) is 3.12. The molecule has 48 heavy (non-hydrogen) atoms. The van der Waals surface area contributed by atoms with E-state index >= 15 is 0 Å². The van der Waals surface area contributed by atoms with Gasteiger partial charge in [0.2, 0.25) is 0 Å². The molecule has 5 heteroatoms. The molecule has 3 saturated carbocycles. The third-order valence-corrected chi connectivity index (χ3v) is 11.0. The van der Waals surface area contributed by atoms with Crippen molar-refractivity contribution in [2.75, 3.05) is 0 Å². The first-order valence-corrected chi connectivity index (χ1v) is 18.2. The second kappa shape index (κ2) is 18.8. The predicted molar refractivity (Wildman–Crippen MR) is 197 cm³/mol. The first-order chi connectivity index (χ1) is 22.6. The van der Waals surface area contributed by atoms with E-state index in [-0.39, 0.29) is 45.2 Å². The maximum Gasteiger partial charge on any atom is 0.162 e. The number of benzene rings is 3. The van der Waals surface area contributed by atoms with Crippen LogP contribution >= 0.6 is 0 Å². The van der Waals surface area contributed by atoms with Gasteiger partial charge in [-0.3, -0.25) is 9.78 Å². The van der Waals surface area contributed by atoms with Gasteiger partial charge in [-0.1, -0.05) is 108 Å². The first kappa shape index (κ1) is 37.9. The van der Waals surface area contributed by atoms with E-state index in [2.05, 4.69) is 71.5 Å². The fourth-order valence-electron chi connectivity index (χ4n) is 8.25. The number of nitrogens with zero attached hydrogens (tertiary/aromatic N) is 2. The first-order valence-electron chi connectivity index (χ1n) is 18.2. The topological polar surface area (TPSA) is 63.1 Å². The van der Waals surface area contributed by atoms with Crippen molar-refractivity contribution in [3.63, 3.8) is 0 Å². The molecule has 4 aromatic rings. The molecule has 259 valence electrons. The summed E-state index contributed by atoms with van der Waals surface area (Å²) in [5.74, 6) is 2.60. The average molecular weight is 824 g/mol. The maximum absolute atomic E-state index is 12.0. The Labute approximate surface area is 302 Å². The minimum absolute atomic E-state index is 0. The number of hydrogen-bond donors (Lipinski definition) is 1. The van der Waals surface area contributed by atoms with Crippen molar-refractivity contribution in [2.24, 2.45) is 17.8 Å². The molecule has 0 unspecified atom stereocenters. The van der Waals surface area contributed by atoms with E-state index in [1.54, 1.807) is 12.4 Å². The minimum Gasteiger partial charge on any atom is -0.512 e. The maximum atomic E-state index is 12.0. The number of carbonyl (C=O) groups is 1. The Balaban J connectivity index is 0.000000236. The van der Waals surface area contributed by atoms with Crippen LogP contribution in [-0.4, -0.2) is 20.9 Å². The van der Waals surface area contributed by atoms with E-state index in [4.69, 9.17) is 0 Å². The Hall–Kier alpha value is -2.88. The summed E-state index contributed by atoms with van der Waals surface area (Å²) in [6.07, 6.45) is 22.8. The Morgan fingerprint density at radius 2 is 1.52 bits per heavy atom. The van der Waals surface area contributed by atoms with Gasteiger partial charge in [-0.2, -0.15) is 0 Å². The van der Waals surface area contributed by atoms with Crippen molar-refractivity contribution in [1.82, 2.24) is 9.97 Å². The third-order valence-electron chi connectivity index (χ3n) is 11.0. The molecule has 4 nitrogen and oxygen atoms in total. The standard InChI is InChI=1S/C27H27N2.C15H24O2.CH4.Ir/c1-2-6-19-11-13-20(14-12-19)22-15-16-25-26(17-22)28-18-29-27(25)24-10-5-8-21-7-3-4-9-23(21)24;16-14(12-7-3-1-4-8-12)11-15(17)13-9-5-2-6-10-13;;/h3-5,7-9,15-20H,2,6,11-14H2,1H3;11-13,16H,1-10H2;1H4;/q-1;;;. The normalized spacial score (nSPS) is 20.6. The fourth-order valence-corrected chi connectivity index (χ4v) is 8.25. The van der Waals surface area contributed by atoms with Gasteiger partial charge in [0, 0.05) is 38.0 Å². The molecular formula is C43H55IrN2O2-. The molecule has 1 aromatic heterocycles. The summed E-state index contributed by atoms with van der Waals surface area (Å²) in [6, 6.07) is 22.8. The zero-order valence-electron chi connectivity index (χ0n) is 28.1. The molecule has 0 aliphatic heterocycles. The number of aromatic nitrogens is 2. The zero-order valence-corrected chi connectivity index (χ0v) is 30.5. The van der Waals surface area contributed by atoms with Gasteiger partial charge in [0.05, 0.1) is 11.3 Å². The van der Waals surface area contributed by atoms with E-state index in [1.165, 1.54) is 93.4 Å². The number of carbonyl (C=O) groups excluding carboxylic acids is 1.